The number of nitrogens with zero attached hydrogens (tertiary/aromatic N) is 3. The summed E-state index contributed by atoms with van der Waals surface area (Å²) < 4.78 is 15.5. The number of allylic oxidation sites excluding steroid dienone is 1. The van der Waals surface area contributed by atoms with Gasteiger partial charge in [-0.1, -0.05) is 48.0 Å². The number of carboxylic acid groups (broad SMARTS) is 1. The molecule has 152 valence electrons. The summed E-state index contributed by atoms with van der Waals surface area (Å²) in [6.45, 7) is 2.24. The fourth-order valence-corrected chi connectivity index (χ4v) is 3.72. The highest BCUT2D eigenvalue weighted by Crippen LogP contribution is 2.35. The van der Waals surface area contributed by atoms with E-state index < -0.39 is 17.8 Å². The molecule has 6 nitrogen and oxygen atoms in total. The van der Waals surface area contributed by atoms with Crippen LogP contribution in [0.5, 0.6) is 0 Å². The molecule has 0 spiro atoms. The molecular formula is C22H18ClFN4O2. The number of aliphatic carboxylic acids is 1. The first kappa shape index (κ1) is 19.8. The van der Waals surface area contributed by atoms with E-state index >= 15 is 0 Å². The van der Waals surface area contributed by atoms with Crippen LogP contribution >= 0.6 is 11.6 Å². The SMILES string of the molecule is CC1=C(C(=O)O)C(c2ccc(F)cc2Cl)N=C(c2nccn2Cc2ccccc2)N1. The summed E-state index contributed by atoms with van der Waals surface area (Å²) in [6.07, 6.45) is 3.49. The Hall–Kier alpha value is -3.45. The van der Waals surface area contributed by atoms with Gasteiger partial charge in [-0.15, -0.1) is 0 Å². The van der Waals surface area contributed by atoms with Crippen LogP contribution in [0.3, 0.4) is 0 Å². The molecule has 30 heavy (non-hydrogen) atoms. The summed E-state index contributed by atoms with van der Waals surface area (Å²) in [7, 11) is 0. The molecule has 0 fully saturated rings. The molecule has 2 heterocycles. The lowest BCUT2D eigenvalue weighted by Crippen LogP contribution is -2.34. The minimum absolute atomic E-state index is 0.0495. The van der Waals surface area contributed by atoms with Gasteiger partial charge in [-0.2, -0.15) is 0 Å². The van der Waals surface area contributed by atoms with Gasteiger partial charge in [0, 0.05) is 35.2 Å². The molecule has 0 bridgehead atoms. The van der Waals surface area contributed by atoms with Crippen LogP contribution in [0.4, 0.5) is 4.39 Å². The molecule has 0 radical (unpaired) electrons. The van der Waals surface area contributed by atoms with Crippen molar-refractivity contribution >= 4 is 23.4 Å². The lowest BCUT2D eigenvalue weighted by atomic mass is 9.96. The van der Waals surface area contributed by atoms with Crippen LogP contribution in [0.1, 0.15) is 29.9 Å². The zero-order valence-electron chi connectivity index (χ0n) is 16.0. The lowest BCUT2D eigenvalue weighted by molar-refractivity contribution is -0.133. The van der Waals surface area contributed by atoms with Gasteiger partial charge in [0.05, 0.1) is 5.57 Å². The van der Waals surface area contributed by atoms with Crippen molar-refractivity contribution in [2.24, 2.45) is 4.99 Å². The molecule has 0 aliphatic carbocycles. The second kappa shape index (κ2) is 8.12. The first-order valence-electron chi connectivity index (χ1n) is 9.23. The Morgan fingerprint density at radius 1 is 1.27 bits per heavy atom. The maximum Gasteiger partial charge on any atom is 0.335 e. The zero-order valence-corrected chi connectivity index (χ0v) is 16.8. The number of benzene rings is 2. The summed E-state index contributed by atoms with van der Waals surface area (Å²) in [5.74, 6) is -0.645. The predicted octanol–water partition coefficient (Wildman–Crippen LogP) is 4.17. The number of hydrogen-bond donors (Lipinski definition) is 2. The summed E-state index contributed by atoms with van der Waals surface area (Å²) in [6, 6.07) is 12.8. The van der Waals surface area contributed by atoms with E-state index in [2.05, 4.69) is 15.3 Å². The molecular weight excluding hydrogens is 407 g/mol. The van der Waals surface area contributed by atoms with E-state index in [0.29, 0.717) is 29.5 Å². The molecule has 1 aliphatic heterocycles. The highest BCUT2D eigenvalue weighted by Gasteiger charge is 2.32. The van der Waals surface area contributed by atoms with Crippen molar-refractivity contribution in [3.05, 3.63) is 100.0 Å². The smallest absolute Gasteiger partial charge is 0.335 e. The van der Waals surface area contributed by atoms with Crippen molar-refractivity contribution in [2.45, 2.75) is 19.5 Å². The highest BCUT2D eigenvalue weighted by molar-refractivity contribution is 6.31. The van der Waals surface area contributed by atoms with Crippen LogP contribution in [0, 0.1) is 5.82 Å². The van der Waals surface area contributed by atoms with Crippen molar-refractivity contribution in [1.82, 2.24) is 14.9 Å². The molecule has 2 aromatic carbocycles. The van der Waals surface area contributed by atoms with Gasteiger partial charge < -0.3 is 15.0 Å². The average molecular weight is 425 g/mol. The van der Waals surface area contributed by atoms with Gasteiger partial charge in [-0.25, -0.2) is 14.2 Å². The molecule has 1 atom stereocenters. The van der Waals surface area contributed by atoms with Gasteiger partial charge in [0.1, 0.15) is 11.9 Å². The number of aromatic nitrogens is 2. The van der Waals surface area contributed by atoms with Crippen LogP contribution in [0.2, 0.25) is 5.02 Å². The van der Waals surface area contributed by atoms with Gasteiger partial charge in [0.25, 0.3) is 0 Å². The predicted molar refractivity (Wildman–Crippen MR) is 112 cm³/mol. The van der Waals surface area contributed by atoms with E-state index in [1.54, 1.807) is 13.1 Å². The molecule has 0 amide bonds. The first-order chi connectivity index (χ1) is 14.4. The summed E-state index contributed by atoms with van der Waals surface area (Å²) in [5, 5.41) is 12.9. The van der Waals surface area contributed by atoms with Crippen molar-refractivity contribution in [3.8, 4) is 0 Å². The number of nitrogens with one attached hydrogen (secondary N) is 1. The molecule has 4 rings (SSSR count). The number of carbonyl (C=O) groups is 1. The molecule has 0 saturated carbocycles. The van der Waals surface area contributed by atoms with Crippen molar-refractivity contribution in [1.29, 1.82) is 0 Å². The van der Waals surface area contributed by atoms with Crippen molar-refractivity contribution in [2.75, 3.05) is 0 Å². The molecule has 0 saturated heterocycles. The molecule has 1 unspecified atom stereocenters. The Labute approximate surface area is 177 Å². The number of carboxylic acids is 1. The maximum absolute atomic E-state index is 13.5. The second-order valence-corrected chi connectivity index (χ2v) is 7.29. The zero-order chi connectivity index (χ0) is 21.3. The molecule has 1 aliphatic rings. The fraction of sp³-hybridized carbons (Fsp3) is 0.136. The number of hydrogen-bond acceptors (Lipinski definition) is 4. The van der Waals surface area contributed by atoms with Gasteiger partial charge in [0.15, 0.2) is 11.7 Å². The van der Waals surface area contributed by atoms with Crippen LogP contribution < -0.4 is 5.32 Å². The van der Waals surface area contributed by atoms with Crippen molar-refractivity contribution in [3.63, 3.8) is 0 Å². The van der Waals surface area contributed by atoms with E-state index in [-0.39, 0.29) is 10.6 Å². The van der Waals surface area contributed by atoms with E-state index in [1.807, 2.05) is 41.1 Å². The van der Waals surface area contributed by atoms with Crippen LogP contribution in [0.15, 0.2) is 77.2 Å². The monoisotopic (exact) mass is 424 g/mol. The van der Waals surface area contributed by atoms with Gasteiger partial charge in [0.2, 0.25) is 0 Å². The third-order valence-corrected chi connectivity index (χ3v) is 5.18. The van der Waals surface area contributed by atoms with Gasteiger partial charge in [-0.05, 0) is 24.6 Å². The number of halogens is 2. The first-order valence-corrected chi connectivity index (χ1v) is 9.61. The Morgan fingerprint density at radius 3 is 2.73 bits per heavy atom. The summed E-state index contributed by atoms with van der Waals surface area (Å²) >= 11 is 6.23. The molecule has 1 aromatic heterocycles. The summed E-state index contributed by atoms with van der Waals surface area (Å²) in [5.41, 5.74) is 1.97. The molecule has 3 aromatic rings. The Morgan fingerprint density at radius 2 is 2.03 bits per heavy atom. The van der Waals surface area contributed by atoms with Crippen LogP contribution in [-0.4, -0.2) is 26.5 Å². The number of rotatable bonds is 5. The number of aliphatic imine (C=N–C) groups is 1. The highest BCUT2D eigenvalue weighted by atomic mass is 35.5. The summed E-state index contributed by atoms with van der Waals surface area (Å²) in [4.78, 5) is 21.0. The topological polar surface area (TPSA) is 79.5 Å². The van der Waals surface area contributed by atoms with E-state index in [9.17, 15) is 14.3 Å². The molecule has 2 N–H and O–H groups in total. The standard InChI is InChI=1S/C22H18ClFN4O2/c1-13-18(22(29)30)19(16-8-7-15(24)11-17(16)23)27-20(26-13)21-25-9-10-28(21)12-14-5-3-2-4-6-14/h2-11,19H,12H2,1H3,(H,26,27)(H,29,30). The van der Waals surface area contributed by atoms with Crippen molar-refractivity contribution < 1.29 is 14.3 Å². The Kier molecular flexibility index (Phi) is 5.37. The normalized spacial score (nSPS) is 16.2. The van der Waals surface area contributed by atoms with E-state index in [4.69, 9.17) is 11.6 Å². The van der Waals surface area contributed by atoms with E-state index in [1.165, 1.54) is 12.1 Å². The van der Waals surface area contributed by atoms with E-state index in [0.717, 1.165) is 11.6 Å². The third-order valence-electron chi connectivity index (χ3n) is 4.85. The lowest BCUT2D eigenvalue weighted by Gasteiger charge is -2.25. The maximum atomic E-state index is 13.5. The number of imidazole rings is 1. The average Bonchev–Trinajstić information content (AvgIpc) is 3.16. The van der Waals surface area contributed by atoms with Gasteiger partial charge in [-0.3, -0.25) is 4.99 Å². The Balaban J connectivity index is 1.77. The Bertz CT molecular complexity index is 1170. The molecule has 8 heteroatoms. The van der Waals surface area contributed by atoms with Crippen LogP contribution in [0.25, 0.3) is 0 Å². The quantitative estimate of drug-likeness (QED) is 0.644. The van der Waals surface area contributed by atoms with Crippen LogP contribution in [-0.2, 0) is 11.3 Å². The largest absolute Gasteiger partial charge is 0.478 e. The minimum atomic E-state index is -1.12. The van der Waals surface area contributed by atoms with Gasteiger partial charge >= 0.3 is 5.97 Å². The number of amidine groups is 1. The minimum Gasteiger partial charge on any atom is -0.478 e. The fourth-order valence-electron chi connectivity index (χ4n) is 3.45. The second-order valence-electron chi connectivity index (χ2n) is 6.88. The third kappa shape index (κ3) is 3.84.